The van der Waals surface area contributed by atoms with E-state index in [-0.39, 0.29) is 0 Å². The van der Waals surface area contributed by atoms with Gasteiger partial charge in [-0.1, -0.05) is 237 Å². The first-order valence-corrected chi connectivity index (χ1v) is 24.1. The molecule has 0 aliphatic heterocycles. The number of fused-ring (bicyclic) bond motifs is 16. The van der Waals surface area contributed by atoms with E-state index < -0.39 is 10.8 Å². The Hall–Kier alpha value is -8.78. The predicted molar refractivity (Wildman–Crippen MR) is 286 cm³/mol. The zero-order valence-electron chi connectivity index (χ0n) is 37.9. The van der Waals surface area contributed by atoms with Gasteiger partial charge in [0.05, 0.1) is 10.8 Å². The maximum Gasteiger partial charge on any atom is 0.0720 e. The van der Waals surface area contributed by atoms with Crippen LogP contribution in [0.2, 0.25) is 0 Å². The molecule has 0 saturated heterocycles. The van der Waals surface area contributed by atoms with Gasteiger partial charge in [-0.25, -0.2) is 0 Å². The molecule has 0 amide bonds. The smallest absolute Gasteiger partial charge is 0.0720 e. The Kier molecular flexibility index (Phi) is 8.78. The maximum atomic E-state index is 2.43. The molecule has 0 N–H and O–H groups in total. The van der Waals surface area contributed by atoms with Gasteiger partial charge in [0.25, 0.3) is 0 Å². The lowest BCUT2D eigenvalue weighted by Crippen LogP contribution is -2.43. The highest BCUT2D eigenvalue weighted by Crippen LogP contribution is 2.68. The van der Waals surface area contributed by atoms with E-state index in [0.29, 0.717) is 0 Å². The van der Waals surface area contributed by atoms with Gasteiger partial charge in [-0.3, -0.25) is 0 Å². The van der Waals surface area contributed by atoms with Crippen LogP contribution in [0.5, 0.6) is 0 Å². The van der Waals surface area contributed by atoms with Crippen molar-refractivity contribution >= 4 is 17.1 Å². The molecule has 0 atom stereocenters. The Morgan fingerprint density at radius 2 is 0.551 bits per heavy atom. The van der Waals surface area contributed by atoms with Crippen LogP contribution >= 0.6 is 0 Å². The fraction of sp³-hybridized carbons (Fsp3) is 0.0294. The summed E-state index contributed by atoms with van der Waals surface area (Å²) in [6, 6.07) is 102. The quantitative estimate of drug-likeness (QED) is 0.161. The zero-order chi connectivity index (χ0) is 45.5. The number of hydrogen-bond acceptors (Lipinski definition) is 1. The highest BCUT2D eigenvalue weighted by molar-refractivity contribution is 5.98. The van der Waals surface area contributed by atoms with Crippen molar-refractivity contribution in [2.75, 3.05) is 4.90 Å². The summed E-state index contributed by atoms with van der Waals surface area (Å²) in [5.74, 6) is 0. The summed E-state index contributed by atoms with van der Waals surface area (Å²) in [5, 5.41) is 0. The normalized spacial score (nSPS) is 13.7. The van der Waals surface area contributed by atoms with Gasteiger partial charge in [0, 0.05) is 17.1 Å². The highest BCUT2D eigenvalue weighted by atomic mass is 15.1. The SMILES string of the molecule is c1ccc(-c2ccc(-c3cccc(N(c4ccccc4)c4ccc(-c5cccc6c5-c5ccccc5C65c6ccccc6C6(c7ccccc7-c7ccccc76)c6ccccc65)cc4)c3)cc2)cc1. The number of anilines is 3. The molecule has 14 rings (SSSR count). The fourth-order valence-corrected chi connectivity index (χ4v) is 12.7. The second kappa shape index (κ2) is 15.4. The standard InChI is InChI=1S/C68H45N/c1-3-19-46(20-4-1)47-37-39-48(40-38-47)50-21-17-24-53(45-50)69(51-22-5-2-6-23-51)52-43-41-49(42-44-52)54-28-18-36-65-66(54)57-27-9-12-31-60(57)68(65)63-34-15-13-32-61(63)67(62-33-14-16-35-64(62)68)58-29-10-7-25-55(58)56-26-8-11-30-59(56)67/h1-45H. The lowest BCUT2D eigenvalue weighted by molar-refractivity contribution is 0.633. The third-order valence-electron chi connectivity index (χ3n) is 15.4. The fourth-order valence-electron chi connectivity index (χ4n) is 12.7. The molecular formula is C68H45N. The molecule has 0 radical (unpaired) electrons. The van der Waals surface area contributed by atoms with Crippen molar-refractivity contribution in [2.24, 2.45) is 0 Å². The van der Waals surface area contributed by atoms with E-state index in [0.717, 1.165) is 17.1 Å². The van der Waals surface area contributed by atoms with Crippen LogP contribution in [0.4, 0.5) is 17.1 Å². The maximum absolute atomic E-state index is 2.43. The molecule has 69 heavy (non-hydrogen) atoms. The van der Waals surface area contributed by atoms with Gasteiger partial charge in [0.2, 0.25) is 0 Å². The van der Waals surface area contributed by atoms with E-state index >= 15 is 0 Å². The molecule has 0 aromatic heterocycles. The van der Waals surface area contributed by atoms with Crippen molar-refractivity contribution in [3.05, 3.63) is 317 Å². The molecule has 3 aliphatic rings. The van der Waals surface area contributed by atoms with Crippen LogP contribution in [0, 0.1) is 0 Å². The Morgan fingerprint density at radius 3 is 1.13 bits per heavy atom. The minimum absolute atomic E-state index is 0.464. The molecule has 0 heterocycles. The largest absolute Gasteiger partial charge is 0.310 e. The topological polar surface area (TPSA) is 3.24 Å². The van der Waals surface area contributed by atoms with Crippen LogP contribution in [0.15, 0.2) is 273 Å². The molecule has 0 fully saturated rings. The van der Waals surface area contributed by atoms with Crippen molar-refractivity contribution in [3.8, 4) is 55.6 Å². The van der Waals surface area contributed by atoms with E-state index in [4.69, 9.17) is 0 Å². The first kappa shape index (κ1) is 39.4. The van der Waals surface area contributed by atoms with Gasteiger partial charge in [-0.2, -0.15) is 0 Å². The van der Waals surface area contributed by atoms with Crippen molar-refractivity contribution in [1.29, 1.82) is 0 Å². The average Bonchev–Trinajstić information content (AvgIpc) is 3.90. The first-order valence-electron chi connectivity index (χ1n) is 24.1. The minimum atomic E-state index is -0.538. The molecule has 3 aliphatic carbocycles. The zero-order valence-corrected chi connectivity index (χ0v) is 37.9. The molecular weight excluding hydrogens is 831 g/mol. The molecule has 11 aromatic carbocycles. The molecule has 0 bridgehead atoms. The monoisotopic (exact) mass is 875 g/mol. The summed E-state index contributed by atoms with van der Waals surface area (Å²) < 4.78 is 0. The summed E-state index contributed by atoms with van der Waals surface area (Å²) in [7, 11) is 0. The highest BCUT2D eigenvalue weighted by Gasteiger charge is 2.59. The Bertz CT molecular complexity index is 3680. The number of para-hydroxylation sites is 1. The molecule has 1 nitrogen and oxygen atoms in total. The van der Waals surface area contributed by atoms with Crippen LogP contribution < -0.4 is 4.90 Å². The summed E-state index contributed by atoms with van der Waals surface area (Å²) in [5.41, 5.74) is 25.6. The van der Waals surface area contributed by atoms with Crippen molar-refractivity contribution in [2.45, 2.75) is 10.8 Å². The van der Waals surface area contributed by atoms with Crippen LogP contribution in [-0.4, -0.2) is 0 Å². The van der Waals surface area contributed by atoms with E-state index in [1.807, 2.05) is 0 Å². The summed E-state index contributed by atoms with van der Waals surface area (Å²) in [6.45, 7) is 0. The lowest BCUT2D eigenvalue weighted by atomic mass is 9.52. The third kappa shape index (κ3) is 5.59. The van der Waals surface area contributed by atoms with Crippen molar-refractivity contribution in [3.63, 3.8) is 0 Å². The number of hydrogen-bond donors (Lipinski definition) is 0. The molecule has 0 saturated carbocycles. The van der Waals surface area contributed by atoms with Crippen LogP contribution in [0.25, 0.3) is 55.6 Å². The van der Waals surface area contributed by atoms with E-state index in [2.05, 4.69) is 278 Å². The van der Waals surface area contributed by atoms with E-state index in [1.54, 1.807) is 0 Å². The van der Waals surface area contributed by atoms with Crippen LogP contribution in [-0.2, 0) is 10.8 Å². The molecule has 322 valence electrons. The molecule has 2 spiro atoms. The Labute approximate surface area is 403 Å². The van der Waals surface area contributed by atoms with Gasteiger partial charge < -0.3 is 4.90 Å². The van der Waals surface area contributed by atoms with Gasteiger partial charge in [0.1, 0.15) is 0 Å². The lowest BCUT2D eigenvalue weighted by Gasteiger charge is -2.48. The van der Waals surface area contributed by atoms with Gasteiger partial charge >= 0.3 is 0 Å². The van der Waals surface area contributed by atoms with Crippen LogP contribution in [0.1, 0.15) is 44.5 Å². The van der Waals surface area contributed by atoms with E-state index in [9.17, 15) is 0 Å². The minimum Gasteiger partial charge on any atom is -0.310 e. The summed E-state index contributed by atoms with van der Waals surface area (Å²) in [4.78, 5) is 2.37. The van der Waals surface area contributed by atoms with Crippen molar-refractivity contribution < 1.29 is 0 Å². The Morgan fingerprint density at radius 1 is 0.203 bits per heavy atom. The van der Waals surface area contributed by atoms with E-state index in [1.165, 1.54) is 100 Å². The second-order valence-corrected chi connectivity index (χ2v) is 18.7. The first-order chi connectivity index (χ1) is 34.2. The Balaban J connectivity index is 0.914. The number of benzene rings is 11. The average molecular weight is 876 g/mol. The number of nitrogens with zero attached hydrogens (tertiary/aromatic N) is 1. The summed E-state index contributed by atoms with van der Waals surface area (Å²) >= 11 is 0. The molecule has 0 unspecified atom stereocenters. The van der Waals surface area contributed by atoms with Gasteiger partial charge in [0.15, 0.2) is 0 Å². The van der Waals surface area contributed by atoms with Crippen molar-refractivity contribution in [1.82, 2.24) is 0 Å². The number of rotatable bonds is 6. The molecule has 1 heteroatoms. The second-order valence-electron chi connectivity index (χ2n) is 18.7. The summed E-state index contributed by atoms with van der Waals surface area (Å²) in [6.07, 6.45) is 0. The third-order valence-corrected chi connectivity index (χ3v) is 15.4. The van der Waals surface area contributed by atoms with Gasteiger partial charge in [-0.15, -0.1) is 0 Å². The molecule has 11 aromatic rings. The predicted octanol–water partition coefficient (Wildman–Crippen LogP) is 17.2. The van der Waals surface area contributed by atoms with Gasteiger partial charge in [-0.05, 0) is 137 Å². The van der Waals surface area contributed by atoms with Crippen LogP contribution in [0.3, 0.4) is 0 Å².